The molecule has 4 unspecified atom stereocenters. The highest BCUT2D eigenvalue weighted by Gasteiger charge is 2.28. The van der Waals surface area contributed by atoms with E-state index >= 15 is 0 Å². The fourth-order valence-corrected chi connectivity index (χ4v) is 3.62. The molecule has 130 valence electrons. The second kappa shape index (κ2) is 7.97. The van der Waals surface area contributed by atoms with Crippen molar-refractivity contribution in [3.8, 4) is 0 Å². The molecule has 2 N–H and O–H groups in total. The van der Waals surface area contributed by atoms with Crippen molar-refractivity contribution in [3.63, 3.8) is 0 Å². The maximum atomic E-state index is 10.2. The predicted molar refractivity (Wildman–Crippen MR) is 95.7 cm³/mol. The molecule has 1 aliphatic rings. The molecule has 3 rings (SSSR count). The molecule has 4 heteroatoms. The smallest absolute Gasteiger partial charge is 0.132 e. The molecule has 4 atom stereocenters. The third kappa shape index (κ3) is 4.26. The van der Waals surface area contributed by atoms with E-state index in [1.165, 1.54) is 5.56 Å². The molecule has 1 aromatic heterocycles. The van der Waals surface area contributed by atoms with Gasteiger partial charge in [-0.15, -0.1) is 0 Å². The molecule has 1 saturated heterocycles. The molecule has 2 aromatic rings. The molecule has 0 amide bonds. The lowest BCUT2D eigenvalue weighted by Crippen LogP contribution is -2.39. The molecule has 2 heterocycles. The molecule has 1 fully saturated rings. The number of nitrogens with one attached hydrogen (secondary N) is 1. The number of likely N-dealkylation sites (tertiary alicyclic amines) is 1. The van der Waals surface area contributed by atoms with Crippen LogP contribution in [0.1, 0.15) is 50.2 Å². The third-order valence-electron chi connectivity index (χ3n) is 5.02. The largest absolute Gasteiger partial charge is 0.467 e. The number of nitrogens with zero attached hydrogens (tertiary/aromatic N) is 1. The van der Waals surface area contributed by atoms with Gasteiger partial charge in [0, 0.05) is 31.2 Å². The minimum Gasteiger partial charge on any atom is -0.467 e. The Kier molecular flexibility index (Phi) is 5.72. The van der Waals surface area contributed by atoms with Crippen molar-refractivity contribution in [3.05, 3.63) is 60.1 Å². The van der Waals surface area contributed by atoms with Crippen LogP contribution < -0.4 is 5.32 Å². The molecule has 24 heavy (non-hydrogen) atoms. The summed E-state index contributed by atoms with van der Waals surface area (Å²) in [5.74, 6) is 0.648. The number of aliphatic hydroxyl groups is 1. The number of hydrogen-bond donors (Lipinski definition) is 2. The summed E-state index contributed by atoms with van der Waals surface area (Å²) < 4.78 is 5.28. The van der Waals surface area contributed by atoms with Crippen LogP contribution in [0.4, 0.5) is 0 Å². The molecule has 4 nitrogen and oxygen atoms in total. The van der Waals surface area contributed by atoms with Crippen molar-refractivity contribution in [1.82, 2.24) is 10.2 Å². The molecule has 0 radical (unpaired) electrons. The van der Waals surface area contributed by atoms with E-state index in [-0.39, 0.29) is 6.04 Å². The van der Waals surface area contributed by atoms with E-state index in [1.54, 1.807) is 6.26 Å². The molecule has 1 aliphatic heterocycles. The first-order valence-corrected chi connectivity index (χ1v) is 8.90. The molecular formula is C20H28N2O2. The summed E-state index contributed by atoms with van der Waals surface area (Å²) >= 11 is 0. The molecule has 0 aliphatic carbocycles. The SMILES string of the molecule is CC(CC(O)c1ccco1)NC1CCN(C(C)c2ccccc2)C1. The Morgan fingerprint density at radius 3 is 2.71 bits per heavy atom. The second-order valence-corrected chi connectivity index (χ2v) is 6.90. The van der Waals surface area contributed by atoms with Crippen LogP contribution in [-0.2, 0) is 0 Å². The summed E-state index contributed by atoms with van der Waals surface area (Å²) in [7, 11) is 0. The van der Waals surface area contributed by atoms with Crippen molar-refractivity contribution in [2.24, 2.45) is 0 Å². The van der Waals surface area contributed by atoms with E-state index < -0.39 is 6.10 Å². The van der Waals surface area contributed by atoms with Crippen molar-refractivity contribution in [2.45, 2.75) is 50.9 Å². The molecule has 0 bridgehead atoms. The van der Waals surface area contributed by atoms with Crippen LogP contribution in [0.3, 0.4) is 0 Å². The zero-order valence-electron chi connectivity index (χ0n) is 14.6. The van der Waals surface area contributed by atoms with Gasteiger partial charge in [-0.25, -0.2) is 0 Å². The van der Waals surface area contributed by atoms with Crippen LogP contribution in [0.2, 0.25) is 0 Å². The number of aliphatic hydroxyl groups excluding tert-OH is 1. The van der Waals surface area contributed by atoms with Gasteiger partial charge >= 0.3 is 0 Å². The second-order valence-electron chi connectivity index (χ2n) is 6.90. The van der Waals surface area contributed by atoms with Crippen molar-refractivity contribution < 1.29 is 9.52 Å². The highest BCUT2D eigenvalue weighted by Crippen LogP contribution is 2.25. The Bertz CT molecular complexity index is 599. The fourth-order valence-electron chi connectivity index (χ4n) is 3.62. The van der Waals surface area contributed by atoms with Gasteiger partial charge in [-0.05, 0) is 44.4 Å². The summed E-state index contributed by atoms with van der Waals surface area (Å²) in [6.07, 6.45) is 2.89. The van der Waals surface area contributed by atoms with Crippen LogP contribution >= 0.6 is 0 Å². The lowest BCUT2D eigenvalue weighted by Gasteiger charge is -2.26. The topological polar surface area (TPSA) is 48.6 Å². The van der Waals surface area contributed by atoms with Gasteiger partial charge in [0.25, 0.3) is 0 Å². The lowest BCUT2D eigenvalue weighted by atomic mass is 10.1. The first-order chi connectivity index (χ1) is 11.6. The van der Waals surface area contributed by atoms with E-state index in [4.69, 9.17) is 4.42 Å². The van der Waals surface area contributed by atoms with Gasteiger partial charge < -0.3 is 14.8 Å². The number of rotatable bonds is 7. The standard InChI is InChI=1S/C20H28N2O2/c1-15(13-19(23)20-9-6-12-24-20)21-18-10-11-22(14-18)16(2)17-7-4-3-5-8-17/h3-9,12,15-16,18-19,21,23H,10-11,13-14H2,1-2H3. The van der Waals surface area contributed by atoms with Gasteiger partial charge in [0.1, 0.15) is 11.9 Å². The summed E-state index contributed by atoms with van der Waals surface area (Å²) in [5.41, 5.74) is 1.37. The predicted octanol–water partition coefficient (Wildman–Crippen LogP) is 3.52. The van der Waals surface area contributed by atoms with Crippen LogP contribution in [0.5, 0.6) is 0 Å². The average molecular weight is 328 g/mol. The Balaban J connectivity index is 1.47. The Labute approximate surface area is 144 Å². The summed E-state index contributed by atoms with van der Waals surface area (Å²) in [4.78, 5) is 2.53. The van der Waals surface area contributed by atoms with Gasteiger partial charge in [0.15, 0.2) is 0 Å². The van der Waals surface area contributed by atoms with Crippen LogP contribution in [0.25, 0.3) is 0 Å². The van der Waals surface area contributed by atoms with Crippen molar-refractivity contribution in [2.75, 3.05) is 13.1 Å². The minimum atomic E-state index is -0.539. The summed E-state index contributed by atoms with van der Waals surface area (Å²) in [6.45, 7) is 6.58. The zero-order valence-corrected chi connectivity index (χ0v) is 14.6. The van der Waals surface area contributed by atoms with Crippen LogP contribution in [0, 0.1) is 0 Å². The first kappa shape index (κ1) is 17.2. The maximum absolute atomic E-state index is 10.2. The fraction of sp³-hybridized carbons (Fsp3) is 0.500. The summed E-state index contributed by atoms with van der Waals surface area (Å²) in [5, 5.41) is 13.9. The number of furan rings is 1. The Morgan fingerprint density at radius 1 is 1.21 bits per heavy atom. The lowest BCUT2D eigenvalue weighted by molar-refractivity contribution is 0.126. The average Bonchev–Trinajstić information content (AvgIpc) is 3.26. The Morgan fingerprint density at radius 2 is 2.00 bits per heavy atom. The van der Waals surface area contributed by atoms with E-state index in [0.717, 1.165) is 19.5 Å². The normalized spacial score (nSPS) is 22.4. The third-order valence-corrected chi connectivity index (χ3v) is 5.02. The van der Waals surface area contributed by atoms with Crippen molar-refractivity contribution in [1.29, 1.82) is 0 Å². The first-order valence-electron chi connectivity index (χ1n) is 8.90. The highest BCUT2D eigenvalue weighted by molar-refractivity contribution is 5.18. The van der Waals surface area contributed by atoms with Crippen molar-refractivity contribution >= 4 is 0 Å². The zero-order chi connectivity index (χ0) is 16.9. The van der Waals surface area contributed by atoms with Gasteiger partial charge in [-0.1, -0.05) is 30.3 Å². The number of hydrogen-bond acceptors (Lipinski definition) is 4. The number of benzene rings is 1. The maximum Gasteiger partial charge on any atom is 0.132 e. The monoisotopic (exact) mass is 328 g/mol. The summed E-state index contributed by atoms with van der Waals surface area (Å²) in [6, 6.07) is 15.5. The van der Waals surface area contributed by atoms with Gasteiger partial charge in [0.2, 0.25) is 0 Å². The highest BCUT2D eigenvalue weighted by atomic mass is 16.4. The Hall–Kier alpha value is -1.62. The van der Waals surface area contributed by atoms with Gasteiger partial charge in [-0.2, -0.15) is 0 Å². The molecular weight excluding hydrogens is 300 g/mol. The van der Waals surface area contributed by atoms with E-state index in [1.807, 2.05) is 12.1 Å². The van der Waals surface area contributed by atoms with E-state index in [9.17, 15) is 5.11 Å². The van der Waals surface area contributed by atoms with Crippen LogP contribution in [0.15, 0.2) is 53.1 Å². The van der Waals surface area contributed by atoms with E-state index in [2.05, 4.69) is 54.4 Å². The quantitative estimate of drug-likeness (QED) is 0.816. The molecule has 1 aromatic carbocycles. The van der Waals surface area contributed by atoms with E-state index in [0.29, 0.717) is 24.3 Å². The van der Waals surface area contributed by atoms with Gasteiger partial charge in [0.05, 0.1) is 6.26 Å². The van der Waals surface area contributed by atoms with Gasteiger partial charge in [-0.3, -0.25) is 4.90 Å². The minimum absolute atomic E-state index is 0.252. The molecule has 0 spiro atoms. The van der Waals surface area contributed by atoms with Crippen LogP contribution in [-0.4, -0.2) is 35.2 Å². The molecule has 0 saturated carbocycles.